The molecule has 2 amide bonds. The first-order valence-corrected chi connectivity index (χ1v) is 9.99. The lowest BCUT2D eigenvalue weighted by atomic mass is 9.79. The molecule has 1 saturated carbocycles. The van der Waals surface area contributed by atoms with E-state index in [-0.39, 0.29) is 43.8 Å². The maximum atomic E-state index is 12.3. The van der Waals surface area contributed by atoms with Gasteiger partial charge in [-0.3, -0.25) is 9.59 Å². The normalized spacial score (nSPS) is 29.4. The van der Waals surface area contributed by atoms with Crippen LogP contribution in [0.25, 0.3) is 0 Å². The van der Waals surface area contributed by atoms with Crippen molar-refractivity contribution < 1.29 is 23.8 Å². The third-order valence-corrected chi connectivity index (χ3v) is 5.10. The molecule has 9 N–H and O–H groups in total. The highest BCUT2D eigenvalue weighted by molar-refractivity contribution is 5.77. The van der Waals surface area contributed by atoms with Crippen molar-refractivity contribution >= 4 is 11.8 Å². The fourth-order valence-electron chi connectivity index (χ4n) is 3.82. The van der Waals surface area contributed by atoms with Crippen molar-refractivity contribution in [1.82, 2.24) is 16.0 Å². The summed E-state index contributed by atoms with van der Waals surface area (Å²) in [5, 5.41) is 9.32. The summed E-state index contributed by atoms with van der Waals surface area (Å²) >= 11 is 0. The van der Waals surface area contributed by atoms with Crippen LogP contribution in [0.4, 0.5) is 0 Å². The molecule has 11 nitrogen and oxygen atoms in total. The zero-order chi connectivity index (χ0) is 21.8. The lowest BCUT2D eigenvalue weighted by Crippen LogP contribution is -2.75. The summed E-state index contributed by atoms with van der Waals surface area (Å²) in [6, 6.07) is -1.39. The summed E-state index contributed by atoms with van der Waals surface area (Å²) in [4.78, 5) is 24.6. The van der Waals surface area contributed by atoms with E-state index in [4.69, 9.17) is 31.4 Å². The van der Waals surface area contributed by atoms with Gasteiger partial charge in [0.1, 0.15) is 6.10 Å². The second-order valence-corrected chi connectivity index (χ2v) is 6.99. The predicted octanol–water partition coefficient (Wildman–Crippen LogP) is -2.98. The Morgan fingerprint density at radius 3 is 1.48 bits per heavy atom. The highest BCUT2D eigenvalue weighted by Crippen LogP contribution is 2.28. The van der Waals surface area contributed by atoms with E-state index in [0.29, 0.717) is 13.1 Å². The number of ether oxygens (including phenoxy) is 3. The molecule has 0 aromatic carbocycles. The van der Waals surface area contributed by atoms with Crippen molar-refractivity contribution in [2.75, 3.05) is 47.5 Å². The molecule has 170 valence electrons. The van der Waals surface area contributed by atoms with Gasteiger partial charge in [-0.25, -0.2) is 0 Å². The Bertz CT molecular complexity index is 461. The molecule has 1 aliphatic carbocycles. The van der Waals surface area contributed by atoms with Crippen molar-refractivity contribution in [3.8, 4) is 0 Å². The van der Waals surface area contributed by atoms with Crippen LogP contribution >= 0.6 is 0 Å². The summed E-state index contributed by atoms with van der Waals surface area (Å²) < 4.78 is 17.2. The van der Waals surface area contributed by atoms with E-state index >= 15 is 0 Å². The van der Waals surface area contributed by atoms with Crippen molar-refractivity contribution in [2.24, 2.45) is 17.2 Å². The van der Waals surface area contributed by atoms with Crippen LogP contribution < -0.4 is 33.2 Å². The zero-order valence-electron chi connectivity index (χ0n) is 17.7. The summed E-state index contributed by atoms with van der Waals surface area (Å²) in [7, 11) is 4.66. The van der Waals surface area contributed by atoms with E-state index < -0.39 is 30.4 Å². The number of nitrogens with one attached hydrogen (secondary N) is 3. The number of methoxy groups -OCH3 is 3. The number of carbonyl (C=O) groups is 2. The molecule has 0 spiro atoms. The fraction of sp³-hybridized carbons (Fsp3) is 0.889. The monoisotopic (exact) mass is 418 g/mol. The van der Waals surface area contributed by atoms with Crippen LogP contribution in [0.1, 0.15) is 19.3 Å². The van der Waals surface area contributed by atoms with Gasteiger partial charge in [0, 0.05) is 47.3 Å². The van der Waals surface area contributed by atoms with Gasteiger partial charge in [-0.05, 0) is 19.5 Å². The molecule has 6 atom stereocenters. The Kier molecular flexibility index (Phi) is 12.2. The first-order chi connectivity index (χ1) is 14.0. The third-order valence-electron chi connectivity index (χ3n) is 5.10. The Balaban J connectivity index is 3.23. The lowest BCUT2D eigenvalue weighted by molar-refractivity contribution is -0.147. The van der Waals surface area contributed by atoms with Gasteiger partial charge >= 0.3 is 0 Å². The van der Waals surface area contributed by atoms with Gasteiger partial charge in [-0.2, -0.15) is 0 Å². The molecule has 2 unspecified atom stereocenters. The molecule has 1 aliphatic rings. The summed E-state index contributed by atoms with van der Waals surface area (Å²) in [5.41, 5.74) is 16.6. The number of hydrogen-bond donors (Lipinski definition) is 6. The van der Waals surface area contributed by atoms with Crippen molar-refractivity contribution in [2.45, 2.75) is 55.7 Å². The Morgan fingerprint density at radius 1 is 0.724 bits per heavy atom. The molecule has 11 heteroatoms. The fourth-order valence-corrected chi connectivity index (χ4v) is 3.82. The minimum absolute atomic E-state index is 0.173. The molecule has 1 rings (SSSR count). The SMILES string of the molecule is COC1[C@@H](NC(=O)CCN)[C@@H](OC)C(NCCCN)[C@@H](OC)[C@H]1NC(=O)CCN. The lowest BCUT2D eigenvalue weighted by Gasteiger charge is -2.50. The predicted molar refractivity (Wildman–Crippen MR) is 109 cm³/mol. The van der Waals surface area contributed by atoms with Crippen LogP contribution in [0.5, 0.6) is 0 Å². The highest BCUT2D eigenvalue weighted by Gasteiger charge is 2.52. The van der Waals surface area contributed by atoms with Crippen LogP contribution in [0, 0.1) is 0 Å². The van der Waals surface area contributed by atoms with E-state index in [2.05, 4.69) is 16.0 Å². The number of rotatable bonds is 13. The maximum absolute atomic E-state index is 12.3. The molecule has 1 fully saturated rings. The Morgan fingerprint density at radius 2 is 1.14 bits per heavy atom. The van der Waals surface area contributed by atoms with E-state index in [0.717, 1.165) is 6.42 Å². The van der Waals surface area contributed by atoms with E-state index in [9.17, 15) is 9.59 Å². The molecular formula is C18H38N6O5. The largest absolute Gasteiger partial charge is 0.377 e. The topological polar surface area (TPSA) is 176 Å². The molecule has 0 radical (unpaired) electrons. The standard InChI is InChI=1S/C18H38N6O5/c1-27-16-13(22-10-4-7-19)17(28-2)15(24-12(26)6-9-21)18(29-3)14(16)23-11(25)5-8-20/h13-18,22H,4-10,19-21H2,1-3H3,(H,23,25)(H,24,26)/t13?,14-,15+,16-,17+,18?. The summed E-state index contributed by atoms with van der Waals surface area (Å²) in [5.74, 6) is -0.435. The smallest absolute Gasteiger partial charge is 0.221 e. The van der Waals surface area contributed by atoms with Crippen molar-refractivity contribution in [3.05, 3.63) is 0 Å². The minimum atomic E-state index is -0.582. The van der Waals surface area contributed by atoms with E-state index in [1.165, 1.54) is 7.11 Å². The molecule has 0 heterocycles. The third kappa shape index (κ3) is 7.14. The highest BCUT2D eigenvalue weighted by atomic mass is 16.5. The van der Waals surface area contributed by atoms with Gasteiger partial charge in [0.25, 0.3) is 0 Å². The van der Waals surface area contributed by atoms with Crippen LogP contribution in [0.2, 0.25) is 0 Å². The van der Waals surface area contributed by atoms with Crippen LogP contribution in [0.3, 0.4) is 0 Å². The van der Waals surface area contributed by atoms with Gasteiger partial charge < -0.3 is 47.4 Å². The van der Waals surface area contributed by atoms with Gasteiger partial charge in [0.05, 0.1) is 30.3 Å². The second-order valence-electron chi connectivity index (χ2n) is 6.99. The second kappa shape index (κ2) is 13.8. The number of amides is 2. The van der Waals surface area contributed by atoms with Crippen molar-refractivity contribution in [3.63, 3.8) is 0 Å². The van der Waals surface area contributed by atoms with Crippen molar-refractivity contribution in [1.29, 1.82) is 0 Å². The zero-order valence-corrected chi connectivity index (χ0v) is 17.7. The average Bonchev–Trinajstić information content (AvgIpc) is 2.69. The van der Waals surface area contributed by atoms with Gasteiger partial charge in [-0.15, -0.1) is 0 Å². The van der Waals surface area contributed by atoms with Gasteiger partial charge in [0.2, 0.25) is 11.8 Å². The summed E-state index contributed by atoms with van der Waals surface area (Å²) in [6.07, 6.45) is -0.412. The number of carbonyl (C=O) groups excluding carboxylic acids is 2. The first-order valence-electron chi connectivity index (χ1n) is 9.99. The number of hydrogen-bond acceptors (Lipinski definition) is 9. The number of nitrogens with two attached hydrogens (primary N) is 3. The van der Waals surface area contributed by atoms with Gasteiger partial charge in [-0.1, -0.05) is 0 Å². The Labute approximate surface area is 172 Å². The molecule has 0 bridgehead atoms. The Hall–Kier alpha value is -1.34. The van der Waals surface area contributed by atoms with Crippen LogP contribution in [-0.4, -0.2) is 95.8 Å². The minimum Gasteiger partial charge on any atom is -0.377 e. The maximum Gasteiger partial charge on any atom is 0.221 e. The molecule has 0 aromatic heterocycles. The van der Waals surface area contributed by atoms with E-state index in [1.54, 1.807) is 14.2 Å². The molecule has 0 aliphatic heterocycles. The summed E-state index contributed by atoms with van der Waals surface area (Å²) in [6.45, 7) is 1.61. The quantitative estimate of drug-likeness (QED) is 0.170. The van der Waals surface area contributed by atoms with Crippen LogP contribution in [0.15, 0.2) is 0 Å². The van der Waals surface area contributed by atoms with Gasteiger partial charge in [0.15, 0.2) is 0 Å². The molecule has 0 saturated heterocycles. The molecular weight excluding hydrogens is 380 g/mol. The van der Waals surface area contributed by atoms with E-state index in [1.807, 2.05) is 0 Å². The first kappa shape index (κ1) is 25.7. The molecule has 29 heavy (non-hydrogen) atoms. The molecule has 0 aromatic rings. The van der Waals surface area contributed by atoms with Crippen LogP contribution in [-0.2, 0) is 23.8 Å². The average molecular weight is 419 g/mol.